The normalized spacial score (nSPS) is 10.3. The summed E-state index contributed by atoms with van der Waals surface area (Å²) in [4.78, 5) is 8.37. The number of hydrogen-bond acceptors (Lipinski definition) is 4. The van der Waals surface area contributed by atoms with Gasteiger partial charge in [0.1, 0.15) is 12.4 Å². The average Bonchev–Trinajstić information content (AvgIpc) is 2.46. The molecule has 2 aromatic rings. The van der Waals surface area contributed by atoms with Crippen LogP contribution in [-0.2, 0) is 6.61 Å². The summed E-state index contributed by atoms with van der Waals surface area (Å²) in [6.45, 7) is 2.96. The fourth-order valence-corrected chi connectivity index (χ4v) is 1.84. The topological polar surface area (TPSA) is 47.0 Å². The van der Waals surface area contributed by atoms with Gasteiger partial charge >= 0.3 is 0 Å². The van der Waals surface area contributed by atoms with Crippen LogP contribution in [0.4, 0.5) is 10.3 Å². The van der Waals surface area contributed by atoms with E-state index in [-0.39, 0.29) is 12.4 Å². The van der Waals surface area contributed by atoms with E-state index in [2.05, 4.69) is 38.1 Å². The minimum absolute atomic E-state index is 0.121. The molecule has 1 heterocycles. The monoisotopic (exact) mass is 339 g/mol. The lowest BCUT2D eigenvalue weighted by Gasteiger charge is -2.09. The third-order valence-electron chi connectivity index (χ3n) is 2.57. The van der Waals surface area contributed by atoms with Crippen molar-refractivity contribution in [3.63, 3.8) is 0 Å². The Morgan fingerprint density at radius 1 is 1.35 bits per heavy atom. The van der Waals surface area contributed by atoms with Crippen LogP contribution in [0.15, 0.2) is 34.9 Å². The molecule has 0 aliphatic rings. The molecule has 2 rings (SSSR count). The van der Waals surface area contributed by atoms with Gasteiger partial charge in [0.25, 0.3) is 0 Å². The number of aromatic nitrogens is 2. The second kappa shape index (κ2) is 7.19. The van der Waals surface area contributed by atoms with E-state index >= 15 is 0 Å². The quantitative estimate of drug-likeness (QED) is 0.869. The van der Waals surface area contributed by atoms with Crippen molar-refractivity contribution >= 4 is 21.9 Å². The molecule has 0 atom stereocenters. The highest BCUT2D eigenvalue weighted by Gasteiger charge is 2.08. The first-order valence-electron chi connectivity index (χ1n) is 6.33. The number of hydrogen-bond donors (Lipinski definition) is 1. The van der Waals surface area contributed by atoms with Gasteiger partial charge in [-0.2, -0.15) is 4.98 Å². The Morgan fingerprint density at radius 3 is 2.90 bits per heavy atom. The minimum Gasteiger partial charge on any atom is -0.472 e. The summed E-state index contributed by atoms with van der Waals surface area (Å²) in [5.74, 6) is 0.599. The first-order valence-corrected chi connectivity index (χ1v) is 7.12. The number of nitrogens with zero attached hydrogens (tertiary/aromatic N) is 2. The van der Waals surface area contributed by atoms with E-state index in [1.165, 1.54) is 6.07 Å². The van der Waals surface area contributed by atoms with Crippen LogP contribution in [0.25, 0.3) is 0 Å². The van der Waals surface area contributed by atoms with Gasteiger partial charge in [-0.1, -0.05) is 25.1 Å². The van der Waals surface area contributed by atoms with E-state index < -0.39 is 0 Å². The Morgan fingerprint density at radius 2 is 2.15 bits per heavy atom. The van der Waals surface area contributed by atoms with Crippen molar-refractivity contribution in [2.45, 2.75) is 20.0 Å². The fourth-order valence-electron chi connectivity index (χ4n) is 1.54. The smallest absolute Gasteiger partial charge is 0.233 e. The van der Waals surface area contributed by atoms with Crippen molar-refractivity contribution < 1.29 is 9.13 Å². The minimum atomic E-state index is -0.290. The molecule has 0 amide bonds. The summed E-state index contributed by atoms with van der Waals surface area (Å²) in [5.41, 5.74) is 0.487. The molecule has 0 fully saturated rings. The van der Waals surface area contributed by atoms with Gasteiger partial charge < -0.3 is 10.1 Å². The Balaban J connectivity index is 2.07. The zero-order valence-corrected chi connectivity index (χ0v) is 12.7. The molecule has 20 heavy (non-hydrogen) atoms. The molecule has 1 aromatic heterocycles. The van der Waals surface area contributed by atoms with Crippen molar-refractivity contribution in [1.29, 1.82) is 0 Å². The molecule has 106 valence electrons. The maximum atomic E-state index is 13.5. The summed E-state index contributed by atoms with van der Waals surface area (Å²) < 4.78 is 19.7. The SMILES string of the molecule is CCCNc1ncc(Br)c(OCc2ccccc2F)n1. The maximum absolute atomic E-state index is 13.5. The summed E-state index contributed by atoms with van der Waals surface area (Å²) >= 11 is 3.32. The largest absolute Gasteiger partial charge is 0.472 e. The molecular formula is C14H15BrFN3O. The Hall–Kier alpha value is -1.69. The van der Waals surface area contributed by atoms with Gasteiger partial charge in [-0.3, -0.25) is 0 Å². The van der Waals surface area contributed by atoms with Gasteiger partial charge in [0, 0.05) is 12.1 Å². The van der Waals surface area contributed by atoms with Gasteiger partial charge in [-0.15, -0.1) is 0 Å². The van der Waals surface area contributed by atoms with Crippen LogP contribution >= 0.6 is 15.9 Å². The zero-order valence-electron chi connectivity index (χ0n) is 11.1. The fraction of sp³-hybridized carbons (Fsp3) is 0.286. The van der Waals surface area contributed by atoms with Crippen molar-refractivity contribution in [3.8, 4) is 5.88 Å². The van der Waals surface area contributed by atoms with Crippen molar-refractivity contribution in [2.75, 3.05) is 11.9 Å². The number of anilines is 1. The standard InChI is InChI=1S/C14H15BrFN3O/c1-2-7-17-14-18-8-11(15)13(19-14)20-9-10-5-3-4-6-12(10)16/h3-6,8H,2,7,9H2,1H3,(H,17,18,19). The number of nitrogens with one attached hydrogen (secondary N) is 1. The molecule has 0 unspecified atom stereocenters. The molecule has 0 saturated heterocycles. The molecule has 6 heteroatoms. The van der Waals surface area contributed by atoms with E-state index in [0.29, 0.717) is 21.9 Å². The van der Waals surface area contributed by atoms with Crippen LogP contribution in [0, 0.1) is 5.82 Å². The summed E-state index contributed by atoms with van der Waals surface area (Å²) in [6.07, 6.45) is 2.59. The molecule has 0 aliphatic carbocycles. The average molecular weight is 340 g/mol. The van der Waals surface area contributed by atoms with Crippen molar-refractivity contribution in [2.24, 2.45) is 0 Å². The van der Waals surface area contributed by atoms with Gasteiger partial charge in [-0.25, -0.2) is 9.37 Å². The third kappa shape index (κ3) is 3.90. The van der Waals surface area contributed by atoms with Gasteiger partial charge in [0.2, 0.25) is 11.8 Å². The molecule has 0 aliphatic heterocycles. The van der Waals surface area contributed by atoms with E-state index in [1.807, 2.05) is 0 Å². The lowest BCUT2D eigenvalue weighted by atomic mass is 10.2. The third-order valence-corrected chi connectivity index (χ3v) is 3.11. The first-order chi connectivity index (χ1) is 9.70. The highest BCUT2D eigenvalue weighted by atomic mass is 79.9. The van der Waals surface area contributed by atoms with Crippen molar-refractivity contribution in [3.05, 3.63) is 46.3 Å². The zero-order chi connectivity index (χ0) is 14.4. The predicted octanol–water partition coefficient (Wildman–Crippen LogP) is 3.78. The lowest BCUT2D eigenvalue weighted by Crippen LogP contribution is -2.06. The Kier molecular flexibility index (Phi) is 5.29. The van der Waals surface area contributed by atoms with Crippen LogP contribution in [0.2, 0.25) is 0 Å². The van der Waals surface area contributed by atoms with E-state index in [0.717, 1.165) is 13.0 Å². The van der Waals surface area contributed by atoms with Crippen LogP contribution in [0.5, 0.6) is 5.88 Å². The van der Waals surface area contributed by atoms with Crippen molar-refractivity contribution in [1.82, 2.24) is 9.97 Å². The number of ether oxygens (including phenoxy) is 1. The van der Waals surface area contributed by atoms with Crippen LogP contribution in [-0.4, -0.2) is 16.5 Å². The lowest BCUT2D eigenvalue weighted by molar-refractivity contribution is 0.286. The molecule has 4 nitrogen and oxygen atoms in total. The Bertz CT molecular complexity index is 580. The maximum Gasteiger partial charge on any atom is 0.233 e. The summed E-state index contributed by atoms with van der Waals surface area (Å²) in [7, 11) is 0. The summed E-state index contributed by atoms with van der Waals surface area (Å²) in [6, 6.07) is 6.50. The number of benzene rings is 1. The molecule has 0 bridgehead atoms. The molecular weight excluding hydrogens is 325 g/mol. The predicted molar refractivity (Wildman–Crippen MR) is 79.2 cm³/mol. The van der Waals surface area contributed by atoms with Gasteiger partial charge in [0.15, 0.2) is 0 Å². The van der Waals surface area contributed by atoms with Gasteiger partial charge in [0.05, 0.1) is 10.7 Å². The first kappa shape index (κ1) is 14.7. The van der Waals surface area contributed by atoms with E-state index in [1.54, 1.807) is 24.4 Å². The highest BCUT2D eigenvalue weighted by molar-refractivity contribution is 9.10. The van der Waals surface area contributed by atoms with Crippen LogP contribution < -0.4 is 10.1 Å². The molecule has 1 aromatic carbocycles. The molecule has 0 spiro atoms. The molecule has 1 N–H and O–H groups in total. The second-order valence-corrected chi connectivity index (χ2v) is 5.01. The summed E-state index contributed by atoms with van der Waals surface area (Å²) in [5, 5.41) is 3.07. The van der Waals surface area contributed by atoms with E-state index in [9.17, 15) is 4.39 Å². The van der Waals surface area contributed by atoms with Crippen LogP contribution in [0.3, 0.4) is 0 Å². The van der Waals surface area contributed by atoms with Gasteiger partial charge in [-0.05, 0) is 28.4 Å². The van der Waals surface area contributed by atoms with Crippen LogP contribution in [0.1, 0.15) is 18.9 Å². The second-order valence-electron chi connectivity index (χ2n) is 4.15. The molecule has 0 radical (unpaired) electrons. The Labute approximate surface area is 125 Å². The molecule has 0 saturated carbocycles. The number of halogens is 2. The number of rotatable bonds is 6. The highest BCUT2D eigenvalue weighted by Crippen LogP contribution is 2.23. The van der Waals surface area contributed by atoms with E-state index in [4.69, 9.17) is 4.74 Å².